The van der Waals surface area contributed by atoms with Gasteiger partial charge in [0, 0.05) is 12.2 Å². The van der Waals surface area contributed by atoms with Crippen molar-refractivity contribution in [2.45, 2.75) is 13.1 Å². The Balaban J connectivity index is 2.36. The largest absolute Gasteiger partial charge is 0.411 e. The third-order valence-corrected chi connectivity index (χ3v) is 1.76. The number of nitriles is 1. The van der Waals surface area contributed by atoms with Gasteiger partial charge < -0.3 is 10.1 Å². The maximum absolute atomic E-state index is 11.8. The summed E-state index contributed by atoms with van der Waals surface area (Å²) in [4.78, 5) is 7.81. The molecule has 1 rings (SSSR count). The van der Waals surface area contributed by atoms with Crippen LogP contribution in [0.4, 0.5) is 19.1 Å². The topological polar surface area (TPSA) is 70.8 Å². The van der Waals surface area contributed by atoms with Crippen molar-refractivity contribution in [2.24, 2.45) is 0 Å². The van der Waals surface area contributed by atoms with Crippen LogP contribution in [0, 0.1) is 18.3 Å². The Morgan fingerprint density at radius 2 is 2.17 bits per heavy atom. The molecule has 5 nitrogen and oxygen atoms in total. The third-order valence-electron chi connectivity index (χ3n) is 1.76. The second kappa shape index (κ2) is 6.16. The predicted octanol–water partition coefficient (Wildman–Crippen LogP) is 1.65. The van der Waals surface area contributed by atoms with Crippen LogP contribution in [0.15, 0.2) is 6.07 Å². The summed E-state index contributed by atoms with van der Waals surface area (Å²) >= 11 is 0. The Kier molecular flexibility index (Phi) is 4.85. The monoisotopic (exact) mass is 260 g/mol. The Morgan fingerprint density at radius 1 is 1.44 bits per heavy atom. The summed E-state index contributed by atoms with van der Waals surface area (Å²) in [6.07, 6.45) is -4.33. The molecule has 0 saturated carbocycles. The summed E-state index contributed by atoms with van der Waals surface area (Å²) in [6, 6.07) is 3.36. The number of alkyl halides is 3. The lowest BCUT2D eigenvalue weighted by Crippen LogP contribution is -2.20. The van der Waals surface area contributed by atoms with Crippen LogP contribution in [0.1, 0.15) is 11.4 Å². The Morgan fingerprint density at radius 3 is 2.78 bits per heavy atom. The van der Waals surface area contributed by atoms with Crippen LogP contribution < -0.4 is 5.32 Å². The number of hydrogen-bond donors (Lipinski definition) is 1. The van der Waals surface area contributed by atoms with Crippen LogP contribution in [0.25, 0.3) is 0 Å². The fourth-order valence-electron chi connectivity index (χ4n) is 1.13. The van der Waals surface area contributed by atoms with Gasteiger partial charge in [-0.2, -0.15) is 18.4 Å². The highest BCUT2D eigenvalue weighted by atomic mass is 19.4. The number of ether oxygens (including phenoxy) is 1. The average Bonchev–Trinajstić information content (AvgIpc) is 2.26. The fraction of sp³-hybridized carbons (Fsp3) is 0.500. The summed E-state index contributed by atoms with van der Waals surface area (Å²) < 4.78 is 39.7. The van der Waals surface area contributed by atoms with Gasteiger partial charge in [0.05, 0.1) is 6.61 Å². The highest BCUT2D eigenvalue weighted by Crippen LogP contribution is 2.14. The fourth-order valence-corrected chi connectivity index (χ4v) is 1.13. The van der Waals surface area contributed by atoms with Gasteiger partial charge >= 0.3 is 6.18 Å². The van der Waals surface area contributed by atoms with E-state index in [1.54, 1.807) is 6.92 Å². The van der Waals surface area contributed by atoms with Crippen LogP contribution in [0.2, 0.25) is 0 Å². The van der Waals surface area contributed by atoms with Crippen LogP contribution in [-0.4, -0.2) is 35.9 Å². The maximum Gasteiger partial charge on any atom is 0.411 e. The molecule has 18 heavy (non-hydrogen) atoms. The van der Waals surface area contributed by atoms with Gasteiger partial charge in [0.2, 0.25) is 5.95 Å². The number of halogens is 3. The van der Waals surface area contributed by atoms with Crippen molar-refractivity contribution in [3.05, 3.63) is 17.5 Å². The molecule has 8 heteroatoms. The molecule has 0 atom stereocenters. The Bertz CT molecular complexity index is 442. The molecular weight excluding hydrogens is 249 g/mol. The minimum Gasteiger partial charge on any atom is -0.370 e. The van der Waals surface area contributed by atoms with Crippen molar-refractivity contribution in [1.82, 2.24) is 9.97 Å². The van der Waals surface area contributed by atoms with Gasteiger partial charge in [-0.15, -0.1) is 0 Å². The molecule has 1 aromatic heterocycles. The molecule has 98 valence electrons. The lowest BCUT2D eigenvalue weighted by atomic mass is 10.3. The maximum atomic E-state index is 11.8. The van der Waals surface area contributed by atoms with E-state index in [1.165, 1.54) is 6.07 Å². The predicted molar refractivity (Wildman–Crippen MR) is 56.8 cm³/mol. The average molecular weight is 260 g/mol. The summed E-state index contributed by atoms with van der Waals surface area (Å²) in [5, 5.41) is 11.3. The van der Waals surface area contributed by atoms with Gasteiger partial charge in [-0.1, -0.05) is 0 Å². The molecule has 1 heterocycles. The lowest BCUT2D eigenvalue weighted by molar-refractivity contribution is -0.172. The van der Waals surface area contributed by atoms with Gasteiger partial charge in [-0.3, -0.25) is 0 Å². The second-order valence-corrected chi connectivity index (χ2v) is 3.42. The molecule has 0 aromatic carbocycles. The number of nitrogens with zero attached hydrogens (tertiary/aromatic N) is 3. The van der Waals surface area contributed by atoms with Gasteiger partial charge in [0.25, 0.3) is 0 Å². The molecule has 0 saturated heterocycles. The van der Waals surface area contributed by atoms with Crippen LogP contribution in [-0.2, 0) is 4.74 Å². The Labute approximate surface area is 102 Å². The van der Waals surface area contributed by atoms with Crippen molar-refractivity contribution in [2.75, 3.05) is 25.1 Å². The zero-order chi connectivity index (χ0) is 13.6. The summed E-state index contributed by atoms with van der Waals surface area (Å²) in [5.74, 6) is 0.196. The molecule has 0 radical (unpaired) electrons. The highest BCUT2D eigenvalue weighted by Gasteiger charge is 2.27. The first-order valence-corrected chi connectivity index (χ1v) is 5.05. The van der Waals surface area contributed by atoms with E-state index in [1.807, 2.05) is 6.07 Å². The van der Waals surface area contributed by atoms with E-state index in [9.17, 15) is 13.2 Å². The van der Waals surface area contributed by atoms with Crippen molar-refractivity contribution >= 4 is 5.95 Å². The van der Waals surface area contributed by atoms with Gasteiger partial charge in [0.15, 0.2) is 0 Å². The molecule has 0 fully saturated rings. The number of aryl methyl sites for hydroxylation is 1. The highest BCUT2D eigenvalue weighted by molar-refractivity contribution is 5.32. The van der Waals surface area contributed by atoms with Gasteiger partial charge in [-0.05, 0) is 13.0 Å². The molecule has 0 unspecified atom stereocenters. The molecule has 0 amide bonds. The summed E-state index contributed by atoms with van der Waals surface area (Å²) in [6.45, 7) is 0.407. The van der Waals surface area contributed by atoms with E-state index in [-0.39, 0.29) is 24.8 Å². The smallest absolute Gasteiger partial charge is 0.370 e. The van der Waals surface area contributed by atoms with Crippen molar-refractivity contribution in [3.8, 4) is 6.07 Å². The first kappa shape index (κ1) is 14.2. The van der Waals surface area contributed by atoms with Crippen LogP contribution in [0.3, 0.4) is 0 Å². The van der Waals surface area contributed by atoms with E-state index in [0.717, 1.165) is 0 Å². The van der Waals surface area contributed by atoms with Crippen LogP contribution >= 0.6 is 0 Å². The first-order valence-electron chi connectivity index (χ1n) is 5.05. The van der Waals surface area contributed by atoms with Gasteiger partial charge in [-0.25, -0.2) is 9.97 Å². The number of hydrogen-bond acceptors (Lipinski definition) is 5. The molecule has 0 bridgehead atoms. The SMILES string of the molecule is Cc1cc(C#N)nc(NCCOCC(F)(F)F)n1. The minimum atomic E-state index is -4.33. The molecular formula is C10H11F3N4O. The summed E-state index contributed by atoms with van der Waals surface area (Å²) in [7, 11) is 0. The molecule has 1 N–H and O–H groups in total. The molecule has 1 aromatic rings. The van der Waals surface area contributed by atoms with Gasteiger partial charge in [0.1, 0.15) is 18.4 Å². The van der Waals surface area contributed by atoms with E-state index in [4.69, 9.17) is 5.26 Å². The zero-order valence-electron chi connectivity index (χ0n) is 9.58. The number of aromatic nitrogens is 2. The molecule has 0 aliphatic heterocycles. The van der Waals surface area contributed by atoms with E-state index in [0.29, 0.717) is 5.69 Å². The second-order valence-electron chi connectivity index (χ2n) is 3.42. The van der Waals surface area contributed by atoms with E-state index in [2.05, 4.69) is 20.0 Å². The molecule has 0 aliphatic carbocycles. The van der Waals surface area contributed by atoms with Crippen molar-refractivity contribution in [1.29, 1.82) is 5.26 Å². The first-order chi connectivity index (χ1) is 8.40. The molecule has 0 aliphatic rings. The lowest BCUT2D eigenvalue weighted by Gasteiger charge is -2.08. The molecule has 0 spiro atoms. The van der Waals surface area contributed by atoms with Crippen molar-refractivity contribution in [3.63, 3.8) is 0 Å². The summed E-state index contributed by atoms with van der Waals surface area (Å²) in [5.41, 5.74) is 0.793. The number of nitrogens with one attached hydrogen (secondary N) is 1. The quantitative estimate of drug-likeness (QED) is 0.815. The minimum absolute atomic E-state index is 0.126. The number of rotatable bonds is 5. The zero-order valence-corrected chi connectivity index (χ0v) is 9.58. The third kappa shape index (κ3) is 5.45. The standard InChI is InChI=1S/C10H11F3N4O/c1-7-4-8(5-14)17-9(16-7)15-2-3-18-6-10(11,12)13/h4H,2-3,6H2,1H3,(H,15,16,17). The Hall–Kier alpha value is -1.88. The van der Waals surface area contributed by atoms with Crippen molar-refractivity contribution < 1.29 is 17.9 Å². The number of anilines is 1. The van der Waals surface area contributed by atoms with E-state index < -0.39 is 12.8 Å². The van der Waals surface area contributed by atoms with E-state index >= 15 is 0 Å². The normalized spacial score (nSPS) is 11.1. The van der Waals surface area contributed by atoms with Crippen LogP contribution in [0.5, 0.6) is 0 Å².